The summed E-state index contributed by atoms with van der Waals surface area (Å²) in [6, 6.07) is 9.42. The Hall–Kier alpha value is -2.29. The molecule has 0 aliphatic rings. The molecular weight excluding hydrogens is 420 g/mol. The molecule has 1 amide bonds. The molecule has 9 heteroatoms. The first-order chi connectivity index (χ1) is 13.3. The number of halogens is 3. The number of ether oxygens (including phenoxy) is 1. The average Bonchev–Trinajstić information content (AvgIpc) is 3.04. The molecule has 0 atom stereocenters. The molecular formula is C20H22ClF2N3O2S. The van der Waals surface area contributed by atoms with E-state index in [1.54, 1.807) is 6.07 Å². The molecule has 29 heavy (non-hydrogen) atoms. The van der Waals surface area contributed by atoms with Crippen molar-refractivity contribution in [3.63, 3.8) is 0 Å². The highest BCUT2D eigenvalue weighted by molar-refractivity contribution is 7.22. The summed E-state index contributed by atoms with van der Waals surface area (Å²) in [4.78, 5) is 20.4. The second kappa shape index (κ2) is 9.96. The van der Waals surface area contributed by atoms with Crippen LogP contribution >= 0.6 is 23.7 Å². The number of carbonyl (C=O) groups excluding carboxylic acids is 1. The van der Waals surface area contributed by atoms with Gasteiger partial charge in [0.2, 0.25) is 0 Å². The average molecular weight is 442 g/mol. The minimum atomic E-state index is -0.742. The zero-order valence-electron chi connectivity index (χ0n) is 16.3. The summed E-state index contributed by atoms with van der Waals surface area (Å²) in [5.41, 5.74) is 1.08. The van der Waals surface area contributed by atoms with E-state index in [0.717, 1.165) is 23.0 Å². The molecule has 0 spiro atoms. The molecule has 0 N–H and O–H groups in total. The summed E-state index contributed by atoms with van der Waals surface area (Å²) in [6.45, 7) is 2.70. The van der Waals surface area contributed by atoms with E-state index in [0.29, 0.717) is 28.7 Å². The van der Waals surface area contributed by atoms with Gasteiger partial charge in [0.05, 0.1) is 4.70 Å². The predicted octanol–water partition coefficient (Wildman–Crippen LogP) is 4.28. The van der Waals surface area contributed by atoms with Gasteiger partial charge in [-0.25, -0.2) is 13.8 Å². The molecule has 0 bridgehead atoms. The summed E-state index contributed by atoms with van der Waals surface area (Å²) < 4.78 is 33.5. The van der Waals surface area contributed by atoms with Crippen LogP contribution in [0.2, 0.25) is 0 Å². The monoisotopic (exact) mass is 441 g/mol. The maximum Gasteiger partial charge on any atom is 0.266 e. The van der Waals surface area contributed by atoms with Gasteiger partial charge in [0.1, 0.15) is 17.1 Å². The van der Waals surface area contributed by atoms with Gasteiger partial charge in [0.25, 0.3) is 5.91 Å². The molecule has 3 aromatic rings. The van der Waals surface area contributed by atoms with Crippen molar-refractivity contribution in [1.29, 1.82) is 0 Å². The molecule has 0 aliphatic carbocycles. The maximum atomic E-state index is 14.0. The number of thiazole rings is 1. The van der Waals surface area contributed by atoms with Gasteiger partial charge in [-0.05, 0) is 44.8 Å². The van der Waals surface area contributed by atoms with Gasteiger partial charge in [0, 0.05) is 19.2 Å². The van der Waals surface area contributed by atoms with E-state index in [2.05, 4.69) is 4.98 Å². The van der Waals surface area contributed by atoms with Crippen molar-refractivity contribution in [3.05, 3.63) is 53.6 Å². The molecule has 1 aromatic heterocycles. The van der Waals surface area contributed by atoms with Gasteiger partial charge < -0.3 is 9.64 Å². The molecule has 0 saturated heterocycles. The summed E-state index contributed by atoms with van der Waals surface area (Å²) in [7, 11) is 3.78. The van der Waals surface area contributed by atoms with Crippen LogP contribution in [0.25, 0.3) is 10.2 Å². The quantitative estimate of drug-likeness (QED) is 0.549. The minimum absolute atomic E-state index is 0. The number of amides is 1. The van der Waals surface area contributed by atoms with Crippen molar-refractivity contribution in [2.24, 2.45) is 0 Å². The lowest BCUT2D eigenvalue weighted by Crippen LogP contribution is -2.39. The van der Waals surface area contributed by atoms with E-state index in [4.69, 9.17) is 4.74 Å². The van der Waals surface area contributed by atoms with Crippen molar-refractivity contribution in [2.45, 2.75) is 6.92 Å². The van der Waals surface area contributed by atoms with Gasteiger partial charge in [0.15, 0.2) is 17.6 Å². The Bertz CT molecular complexity index is 997. The van der Waals surface area contributed by atoms with Crippen LogP contribution in [-0.2, 0) is 4.79 Å². The van der Waals surface area contributed by atoms with Gasteiger partial charge in [-0.15, -0.1) is 12.4 Å². The van der Waals surface area contributed by atoms with E-state index in [9.17, 15) is 13.6 Å². The highest BCUT2D eigenvalue weighted by Crippen LogP contribution is 2.31. The van der Waals surface area contributed by atoms with Crippen LogP contribution < -0.4 is 9.64 Å². The number of rotatable bonds is 7. The van der Waals surface area contributed by atoms with E-state index in [-0.39, 0.29) is 30.4 Å². The number of nitrogens with zero attached hydrogens (tertiary/aromatic N) is 3. The Kier molecular flexibility index (Phi) is 7.89. The van der Waals surface area contributed by atoms with Crippen molar-refractivity contribution in [2.75, 3.05) is 38.7 Å². The van der Waals surface area contributed by atoms with Gasteiger partial charge in [-0.1, -0.05) is 23.5 Å². The molecule has 156 valence electrons. The third kappa shape index (κ3) is 5.85. The summed E-state index contributed by atoms with van der Waals surface area (Å²) in [6.07, 6.45) is 0. The van der Waals surface area contributed by atoms with Gasteiger partial charge in [-0.3, -0.25) is 9.69 Å². The number of aromatic nitrogens is 1. The maximum absolute atomic E-state index is 14.0. The number of likely N-dealkylation sites (N-methyl/N-ethyl adjacent to an activating group) is 1. The molecule has 0 fully saturated rings. The summed E-state index contributed by atoms with van der Waals surface area (Å²) in [5, 5.41) is 0.319. The normalized spacial score (nSPS) is 10.8. The molecule has 3 rings (SSSR count). The van der Waals surface area contributed by atoms with Gasteiger partial charge in [-0.2, -0.15) is 0 Å². The van der Waals surface area contributed by atoms with Crippen molar-refractivity contribution >= 4 is 45.0 Å². The second-order valence-electron chi connectivity index (χ2n) is 6.68. The fraction of sp³-hybridized carbons (Fsp3) is 0.300. The standard InChI is InChI=1S/C20H21F2N3O2S.ClH/c1-13-5-4-6-15(9-13)27-12-18(26)25(8-7-24(2)3)20-23-19-16(22)10-14(21)11-17(19)28-20;/h4-6,9-11H,7-8,12H2,1-3H3;1H. The SMILES string of the molecule is Cc1cccc(OCC(=O)N(CCN(C)C)c2nc3c(F)cc(F)cc3s2)c1.Cl. The number of hydrogen-bond donors (Lipinski definition) is 0. The lowest BCUT2D eigenvalue weighted by molar-refractivity contribution is -0.120. The van der Waals surface area contributed by atoms with E-state index in [1.807, 2.05) is 44.1 Å². The molecule has 0 aliphatic heterocycles. The zero-order valence-corrected chi connectivity index (χ0v) is 17.9. The number of carbonyl (C=O) groups is 1. The Labute approximate surface area is 178 Å². The molecule has 0 unspecified atom stereocenters. The first kappa shape index (κ1) is 23.0. The Morgan fingerprint density at radius 2 is 1.93 bits per heavy atom. The van der Waals surface area contributed by atoms with E-state index < -0.39 is 11.6 Å². The lowest BCUT2D eigenvalue weighted by Gasteiger charge is -2.22. The fourth-order valence-corrected chi connectivity index (χ4v) is 3.66. The molecule has 0 radical (unpaired) electrons. The highest BCUT2D eigenvalue weighted by atomic mass is 35.5. The van der Waals surface area contributed by atoms with E-state index >= 15 is 0 Å². The smallest absolute Gasteiger partial charge is 0.266 e. The third-order valence-corrected chi connectivity index (χ3v) is 5.08. The Morgan fingerprint density at radius 1 is 1.17 bits per heavy atom. The first-order valence-corrected chi connectivity index (χ1v) is 9.55. The summed E-state index contributed by atoms with van der Waals surface area (Å²) >= 11 is 1.08. The highest BCUT2D eigenvalue weighted by Gasteiger charge is 2.22. The third-order valence-electron chi connectivity index (χ3n) is 4.06. The summed E-state index contributed by atoms with van der Waals surface area (Å²) in [5.74, 6) is -1.12. The molecule has 2 aromatic carbocycles. The van der Waals surface area contributed by atoms with Crippen LogP contribution in [0.5, 0.6) is 5.75 Å². The van der Waals surface area contributed by atoms with Crippen LogP contribution in [0.15, 0.2) is 36.4 Å². The molecule has 0 saturated carbocycles. The van der Waals surface area contributed by atoms with Gasteiger partial charge >= 0.3 is 0 Å². The Morgan fingerprint density at radius 3 is 2.62 bits per heavy atom. The number of anilines is 1. The number of hydrogen-bond acceptors (Lipinski definition) is 5. The zero-order chi connectivity index (χ0) is 20.3. The number of fused-ring (bicyclic) bond motifs is 1. The molecule has 5 nitrogen and oxygen atoms in total. The van der Waals surface area contributed by atoms with E-state index in [1.165, 1.54) is 11.0 Å². The van der Waals surface area contributed by atoms with Crippen LogP contribution in [0, 0.1) is 18.6 Å². The van der Waals surface area contributed by atoms with Crippen molar-refractivity contribution in [3.8, 4) is 5.75 Å². The Balaban J connectivity index is 0.00000300. The van der Waals surface area contributed by atoms with Crippen LogP contribution in [0.1, 0.15) is 5.56 Å². The van der Waals surface area contributed by atoms with Crippen LogP contribution in [0.3, 0.4) is 0 Å². The van der Waals surface area contributed by atoms with Crippen LogP contribution in [0.4, 0.5) is 13.9 Å². The topological polar surface area (TPSA) is 45.7 Å². The lowest BCUT2D eigenvalue weighted by atomic mass is 10.2. The van der Waals surface area contributed by atoms with Crippen LogP contribution in [-0.4, -0.2) is 49.6 Å². The van der Waals surface area contributed by atoms with Crippen molar-refractivity contribution in [1.82, 2.24) is 9.88 Å². The van der Waals surface area contributed by atoms with Crippen molar-refractivity contribution < 1.29 is 18.3 Å². The predicted molar refractivity (Wildman–Crippen MR) is 114 cm³/mol. The molecule has 1 heterocycles. The first-order valence-electron chi connectivity index (χ1n) is 8.73. The second-order valence-corrected chi connectivity index (χ2v) is 7.69. The largest absolute Gasteiger partial charge is 0.484 e. The number of aryl methyl sites for hydroxylation is 1. The minimum Gasteiger partial charge on any atom is -0.484 e. The fourth-order valence-electron chi connectivity index (χ4n) is 2.62. The number of benzene rings is 2.